The van der Waals surface area contributed by atoms with Crippen molar-refractivity contribution in [2.24, 2.45) is 0 Å². The van der Waals surface area contributed by atoms with E-state index in [4.69, 9.17) is 13.0 Å². The first-order valence-corrected chi connectivity index (χ1v) is 4.34. The molecule has 0 radical (unpaired) electrons. The molecule has 0 aromatic carbocycles. The summed E-state index contributed by atoms with van der Waals surface area (Å²) < 4.78 is 43.1. The molecular formula is C8H8ClF3N2O. The molecule has 0 spiro atoms. The number of halogens is 4. The van der Waals surface area contributed by atoms with E-state index in [0.29, 0.717) is 6.29 Å². The topological polar surface area (TPSA) is 41.1 Å². The van der Waals surface area contributed by atoms with Crippen LogP contribution in [0.25, 0.3) is 0 Å². The Morgan fingerprint density at radius 1 is 1.73 bits per heavy atom. The zero-order valence-electron chi connectivity index (χ0n) is 8.44. The maximum atomic E-state index is 11.9. The van der Waals surface area contributed by atoms with E-state index in [1.165, 1.54) is 0 Å². The van der Waals surface area contributed by atoms with Crippen molar-refractivity contribution >= 4 is 17.9 Å². The van der Waals surface area contributed by atoms with E-state index in [1.54, 1.807) is 0 Å². The van der Waals surface area contributed by atoms with E-state index in [2.05, 4.69) is 5.32 Å². The molecule has 0 atom stereocenters. The Hall–Kier alpha value is -1.17. The molecule has 0 aliphatic carbocycles. The number of aldehydes is 1. The molecule has 1 rings (SSSR count). The molecule has 1 aliphatic rings. The number of carbonyl (C=O) groups is 1. The molecule has 84 valence electrons. The first-order chi connectivity index (χ1) is 7.33. The predicted octanol–water partition coefficient (Wildman–Crippen LogP) is 1.27. The molecular weight excluding hydrogens is 233 g/mol. The summed E-state index contributed by atoms with van der Waals surface area (Å²) in [6, 6.07) is 0. The first kappa shape index (κ1) is 10.4. The van der Waals surface area contributed by atoms with Gasteiger partial charge in [-0.2, -0.15) is 13.2 Å². The summed E-state index contributed by atoms with van der Waals surface area (Å²) in [6.07, 6.45) is -2.85. The monoisotopic (exact) mass is 241 g/mol. The third-order valence-corrected chi connectivity index (χ3v) is 1.86. The molecule has 0 aromatic heterocycles. The normalized spacial score (nSPS) is 18.5. The molecule has 7 heteroatoms. The molecule has 0 saturated carbocycles. The van der Waals surface area contributed by atoms with Gasteiger partial charge in [0.1, 0.15) is 18.0 Å². The van der Waals surface area contributed by atoms with Gasteiger partial charge in [-0.15, -0.1) is 0 Å². The van der Waals surface area contributed by atoms with Crippen molar-refractivity contribution < 1.29 is 19.4 Å². The highest BCUT2D eigenvalue weighted by atomic mass is 35.5. The number of allylic oxidation sites excluding steroid dienone is 1. The first-order valence-electron chi connectivity index (χ1n) is 4.41. The van der Waals surface area contributed by atoms with Crippen molar-refractivity contribution in [3.05, 3.63) is 22.5 Å². The lowest BCUT2D eigenvalue weighted by molar-refractivity contribution is -0.123. The molecule has 0 fully saturated rings. The van der Waals surface area contributed by atoms with Crippen LogP contribution in [-0.4, -0.2) is 25.6 Å². The Kier molecular flexibility index (Phi) is 3.15. The summed E-state index contributed by atoms with van der Waals surface area (Å²) in [6.45, 7) is -1.39. The molecule has 1 aliphatic heterocycles. The number of carbonyl (C=O) groups excluding carboxylic acids is 1. The van der Waals surface area contributed by atoms with Gasteiger partial charge in [-0.1, -0.05) is 11.6 Å². The minimum atomic E-state index is -4.38. The summed E-state index contributed by atoms with van der Waals surface area (Å²) in [5.74, 6) is 0. The largest absolute Gasteiger partial charge is 0.405 e. The van der Waals surface area contributed by atoms with Crippen molar-refractivity contribution in [1.82, 2.24) is 10.6 Å². The van der Waals surface area contributed by atoms with Crippen LogP contribution >= 0.6 is 11.6 Å². The maximum absolute atomic E-state index is 11.9. The van der Waals surface area contributed by atoms with E-state index < -0.39 is 12.7 Å². The van der Waals surface area contributed by atoms with Crippen LogP contribution < -0.4 is 10.6 Å². The summed E-state index contributed by atoms with van der Waals surface area (Å²) in [5.41, 5.74) is 0.0597. The standard InChI is InChI=1S/C8H8ClF3N2O/c9-7-1-6(5(3-15)2-13-7)14-4-8(10,11)12/h1,3,13-14H,2,4H2/i/hD. The molecule has 0 aromatic rings. The van der Waals surface area contributed by atoms with Gasteiger partial charge in [-0.05, 0) is 6.08 Å². The minimum absolute atomic E-state index is 0.000764. The lowest BCUT2D eigenvalue weighted by Crippen LogP contribution is -2.32. The van der Waals surface area contributed by atoms with Crippen molar-refractivity contribution in [3.63, 3.8) is 0 Å². The van der Waals surface area contributed by atoms with Crippen molar-refractivity contribution in [2.45, 2.75) is 6.18 Å². The molecule has 0 saturated heterocycles. The van der Waals surface area contributed by atoms with Crippen molar-refractivity contribution in [3.8, 4) is 0 Å². The number of alkyl halides is 3. The average molecular weight is 242 g/mol. The van der Waals surface area contributed by atoms with Crippen molar-refractivity contribution in [2.75, 3.05) is 13.1 Å². The van der Waals surface area contributed by atoms with E-state index >= 15 is 0 Å². The predicted molar refractivity (Wildman–Crippen MR) is 49.1 cm³/mol. The van der Waals surface area contributed by atoms with Gasteiger partial charge >= 0.3 is 6.18 Å². The van der Waals surface area contributed by atoms with E-state index in [0.717, 1.165) is 11.4 Å². The fourth-order valence-electron chi connectivity index (χ4n) is 0.964. The van der Waals surface area contributed by atoms with Crippen molar-refractivity contribution in [1.29, 1.82) is 0 Å². The van der Waals surface area contributed by atoms with Crippen LogP contribution in [0.5, 0.6) is 0 Å². The summed E-state index contributed by atoms with van der Waals surface area (Å²) in [5, 5.41) is 2.83. The maximum Gasteiger partial charge on any atom is 0.405 e. The van der Waals surface area contributed by atoms with Gasteiger partial charge in [0, 0.05) is 17.8 Å². The van der Waals surface area contributed by atoms with Gasteiger partial charge in [-0.3, -0.25) is 4.79 Å². The molecule has 0 unspecified atom stereocenters. The summed E-state index contributed by atoms with van der Waals surface area (Å²) in [7, 11) is 0. The van der Waals surface area contributed by atoms with Crippen LogP contribution in [0, 0.1) is 0 Å². The van der Waals surface area contributed by atoms with Gasteiger partial charge in [0.05, 0.1) is 0 Å². The fourth-order valence-corrected chi connectivity index (χ4v) is 1.13. The molecule has 2 N–H and O–H groups in total. The number of rotatable bonds is 3. The summed E-state index contributed by atoms with van der Waals surface area (Å²) in [4.78, 5) is 10.6. The van der Waals surface area contributed by atoms with Crippen LogP contribution in [0.4, 0.5) is 13.2 Å². The van der Waals surface area contributed by atoms with E-state index in [-0.39, 0.29) is 23.0 Å². The van der Waals surface area contributed by atoms with E-state index in [1.807, 2.05) is 0 Å². The fraction of sp³-hybridized carbons (Fsp3) is 0.375. The van der Waals surface area contributed by atoms with Crippen LogP contribution in [0.15, 0.2) is 22.5 Å². The third-order valence-electron chi connectivity index (χ3n) is 1.63. The lowest BCUT2D eigenvalue weighted by atomic mass is 10.2. The Morgan fingerprint density at radius 2 is 2.40 bits per heavy atom. The molecule has 3 nitrogen and oxygen atoms in total. The highest BCUT2D eigenvalue weighted by Crippen LogP contribution is 2.16. The van der Waals surface area contributed by atoms with Crippen LogP contribution in [0.3, 0.4) is 0 Å². The molecule has 0 amide bonds. The van der Waals surface area contributed by atoms with Crippen LogP contribution in [-0.2, 0) is 4.79 Å². The van der Waals surface area contributed by atoms with Gasteiger partial charge in [0.15, 0.2) is 1.41 Å². The number of hydrogen-bond donors (Lipinski definition) is 2. The second-order valence-corrected chi connectivity index (χ2v) is 3.20. The Bertz CT molecular complexity index is 354. The van der Waals surface area contributed by atoms with Gasteiger partial charge in [0.25, 0.3) is 0 Å². The Balaban J connectivity index is 2.80. The minimum Gasteiger partial charge on any atom is -0.376 e. The van der Waals surface area contributed by atoms with Gasteiger partial charge in [0.2, 0.25) is 0 Å². The zero-order valence-corrected chi connectivity index (χ0v) is 8.19. The van der Waals surface area contributed by atoms with Gasteiger partial charge < -0.3 is 10.6 Å². The lowest BCUT2D eigenvalue weighted by Gasteiger charge is -2.18. The molecule has 1 heterocycles. The highest BCUT2D eigenvalue weighted by molar-refractivity contribution is 6.29. The Labute approximate surface area is 90.4 Å². The SMILES string of the molecule is [2H]N1CC(C=O)=C(NCC(F)(F)F)C=C1Cl. The number of nitrogens with one attached hydrogen (secondary N) is 2. The van der Waals surface area contributed by atoms with E-state index in [9.17, 15) is 18.0 Å². The second-order valence-electron chi connectivity index (χ2n) is 2.81. The average Bonchev–Trinajstić information content (AvgIpc) is 2.18. The van der Waals surface area contributed by atoms with Gasteiger partial charge in [-0.25, -0.2) is 0 Å². The summed E-state index contributed by atoms with van der Waals surface area (Å²) >= 11 is 5.56. The number of dihydropyridines is 1. The Morgan fingerprint density at radius 3 is 2.93 bits per heavy atom. The van der Waals surface area contributed by atoms with Crippen LogP contribution in [0.2, 0.25) is 1.41 Å². The quantitative estimate of drug-likeness (QED) is 0.578. The highest BCUT2D eigenvalue weighted by Gasteiger charge is 2.27. The van der Waals surface area contributed by atoms with Crippen LogP contribution in [0.1, 0.15) is 0 Å². The zero-order chi connectivity index (χ0) is 12.3. The molecule has 0 bridgehead atoms. The molecule has 15 heavy (non-hydrogen) atoms. The smallest absolute Gasteiger partial charge is 0.376 e. The second kappa shape index (κ2) is 4.57. The third kappa shape index (κ3) is 3.83. The number of hydrogen-bond acceptors (Lipinski definition) is 3.